The van der Waals surface area contributed by atoms with Crippen LogP contribution in [0.4, 0.5) is 0 Å². The van der Waals surface area contributed by atoms with Gasteiger partial charge in [0.25, 0.3) is 0 Å². The Balaban J connectivity index is 0.00000132. The standard InChI is InChI=1S/C22H28O4.C2H6O/c1-15(2)6-8-19-14-18(10-11-26-23)16(3)20(19)12-17-7-9-21(24-4)22(13-17)25-5;1-3-2/h6-9,12-13,23H,10-11,14H2,1-5H3;1-2H3/b19-8+,20-12-;. The van der Waals surface area contributed by atoms with Gasteiger partial charge < -0.3 is 14.2 Å². The van der Waals surface area contributed by atoms with Crippen molar-refractivity contribution in [1.82, 2.24) is 0 Å². The molecule has 0 spiro atoms. The van der Waals surface area contributed by atoms with Gasteiger partial charge in [0.05, 0.1) is 20.8 Å². The van der Waals surface area contributed by atoms with Gasteiger partial charge in [-0.15, -0.1) is 0 Å². The van der Waals surface area contributed by atoms with Crippen LogP contribution < -0.4 is 9.47 Å². The molecule has 1 aliphatic rings. The fraction of sp³-hybridized carbons (Fsp3) is 0.417. The number of allylic oxidation sites excluding steroid dienone is 6. The Morgan fingerprint density at radius 1 is 1.07 bits per heavy atom. The molecule has 1 aromatic rings. The zero-order valence-corrected chi connectivity index (χ0v) is 18.7. The first kappa shape index (κ1) is 24.7. The van der Waals surface area contributed by atoms with Crippen molar-refractivity contribution in [2.45, 2.75) is 33.6 Å². The monoisotopic (exact) mass is 402 g/mol. The molecule has 0 unspecified atom stereocenters. The van der Waals surface area contributed by atoms with E-state index in [9.17, 15) is 0 Å². The van der Waals surface area contributed by atoms with Crippen molar-refractivity contribution < 1.29 is 24.4 Å². The number of benzene rings is 1. The maximum Gasteiger partial charge on any atom is 0.161 e. The highest BCUT2D eigenvalue weighted by molar-refractivity contribution is 5.71. The molecular weight excluding hydrogens is 368 g/mol. The minimum Gasteiger partial charge on any atom is -0.493 e. The van der Waals surface area contributed by atoms with Crippen LogP contribution in [0.25, 0.3) is 6.08 Å². The number of hydrogen-bond donors (Lipinski definition) is 1. The number of methoxy groups -OCH3 is 3. The normalized spacial score (nSPS) is 16.0. The van der Waals surface area contributed by atoms with Crippen molar-refractivity contribution in [1.29, 1.82) is 0 Å². The molecular formula is C24H34O5. The molecule has 1 N–H and O–H groups in total. The maximum atomic E-state index is 8.68. The summed E-state index contributed by atoms with van der Waals surface area (Å²) in [5.41, 5.74) is 7.33. The van der Waals surface area contributed by atoms with Crippen LogP contribution >= 0.6 is 0 Å². The van der Waals surface area contributed by atoms with Crippen LogP contribution in [0, 0.1) is 0 Å². The summed E-state index contributed by atoms with van der Waals surface area (Å²) in [4.78, 5) is 4.28. The van der Waals surface area contributed by atoms with E-state index in [1.165, 1.54) is 27.9 Å². The van der Waals surface area contributed by atoms with Gasteiger partial charge in [-0.05, 0) is 74.1 Å². The Morgan fingerprint density at radius 2 is 1.72 bits per heavy atom. The number of rotatable bonds is 7. The van der Waals surface area contributed by atoms with Crippen LogP contribution in [0.1, 0.15) is 39.2 Å². The van der Waals surface area contributed by atoms with Crippen LogP contribution in [-0.4, -0.2) is 40.3 Å². The summed E-state index contributed by atoms with van der Waals surface area (Å²) in [5, 5.41) is 8.68. The van der Waals surface area contributed by atoms with Gasteiger partial charge in [-0.1, -0.05) is 29.4 Å². The van der Waals surface area contributed by atoms with E-state index in [0.29, 0.717) is 12.4 Å². The van der Waals surface area contributed by atoms with E-state index in [2.05, 4.69) is 48.6 Å². The zero-order chi connectivity index (χ0) is 21.8. The summed E-state index contributed by atoms with van der Waals surface area (Å²) in [6.07, 6.45) is 8.08. The van der Waals surface area contributed by atoms with Crippen molar-refractivity contribution in [2.75, 3.05) is 35.0 Å². The Hall–Kier alpha value is -2.34. The molecule has 5 heteroatoms. The van der Waals surface area contributed by atoms with Gasteiger partial charge in [0.2, 0.25) is 0 Å². The lowest BCUT2D eigenvalue weighted by Crippen LogP contribution is -1.92. The minimum absolute atomic E-state index is 0.312. The molecule has 29 heavy (non-hydrogen) atoms. The molecule has 0 atom stereocenters. The second-order valence-corrected chi connectivity index (χ2v) is 7.01. The number of hydrogen-bond acceptors (Lipinski definition) is 5. The van der Waals surface area contributed by atoms with E-state index in [0.717, 1.165) is 24.2 Å². The molecule has 160 valence electrons. The van der Waals surface area contributed by atoms with Crippen molar-refractivity contribution in [3.63, 3.8) is 0 Å². The van der Waals surface area contributed by atoms with Crippen molar-refractivity contribution in [3.05, 3.63) is 63.8 Å². The summed E-state index contributed by atoms with van der Waals surface area (Å²) >= 11 is 0. The molecule has 0 saturated carbocycles. The molecule has 1 aromatic carbocycles. The van der Waals surface area contributed by atoms with E-state index in [1.807, 2.05) is 18.2 Å². The smallest absolute Gasteiger partial charge is 0.161 e. The predicted molar refractivity (Wildman–Crippen MR) is 118 cm³/mol. The highest BCUT2D eigenvalue weighted by Crippen LogP contribution is 2.39. The third-order valence-electron chi connectivity index (χ3n) is 4.52. The average molecular weight is 403 g/mol. The SMILES string of the molecule is COC.COc1ccc(/C=C2/C(C)=C(CCOO)C/C2=C\C=C(C)C)cc1OC. The maximum absolute atomic E-state index is 8.68. The summed E-state index contributed by atoms with van der Waals surface area (Å²) < 4.78 is 15.0. The molecule has 0 radical (unpaired) electrons. The van der Waals surface area contributed by atoms with Crippen LogP contribution in [0.5, 0.6) is 11.5 Å². The van der Waals surface area contributed by atoms with E-state index < -0.39 is 0 Å². The van der Waals surface area contributed by atoms with Gasteiger partial charge in [-0.3, -0.25) is 5.26 Å². The Morgan fingerprint density at radius 3 is 2.28 bits per heavy atom. The van der Waals surface area contributed by atoms with Gasteiger partial charge in [-0.25, -0.2) is 4.89 Å². The Labute approximate surface area is 174 Å². The molecule has 0 fully saturated rings. The van der Waals surface area contributed by atoms with Gasteiger partial charge >= 0.3 is 0 Å². The van der Waals surface area contributed by atoms with Crippen molar-refractivity contribution in [2.24, 2.45) is 0 Å². The second-order valence-electron chi connectivity index (χ2n) is 7.01. The van der Waals surface area contributed by atoms with Gasteiger partial charge in [0.1, 0.15) is 0 Å². The predicted octanol–water partition coefficient (Wildman–Crippen LogP) is 5.84. The highest BCUT2D eigenvalue weighted by Gasteiger charge is 2.21. The van der Waals surface area contributed by atoms with E-state index in [-0.39, 0.29) is 0 Å². The second kappa shape index (κ2) is 13.0. The molecule has 0 bridgehead atoms. The number of ether oxygens (including phenoxy) is 3. The fourth-order valence-corrected chi connectivity index (χ4v) is 3.06. The largest absolute Gasteiger partial charge is 0.493 e. The van der Waals surface area contributed by atoms with Gasteiger partial charge in [-0.2, -0.15) is 0 Å². The molecule has 0 aromatic heterocycles. The lowest BCUT2D eigenvalue weighted by atomic mass is 10.0. The zero-order valence-electron chi connectivity index (χ0n) is 18.7. The fourth-order valence-electron chi connectivity index (χ4n) is 3.06. The summed E-state index contributed by atoms with van der Waals surface area (Å²) in [6, 6.07) is 5.92. The van der Waals surface area contributed by atoms with E-state index in [1.54, 1.807) is 28.4 Å². The lowest BCUT2D eigenvalue weighted by Gasteiger charge is -2.09. The van der Waals surface area contributed by atoms with Crippen LogP contribution in [0.2, 0.25) is 0 Å². The molecule has 0 amide bonds. The topological polar surface area (TPSA) is 57.2 Å². The lowest BCUT2D eigenvalue weighted by molar-refractivity contribution is -0.241. The first-order valence-corrected chi connectivity index (χ1v) is 9.55. The van der Waals surface area contributed by atoms with Gasteiger partial charge in [0.15, 0.2) is 11.5 Å². The third kappa shape index (κ3) is 7.54. The molecule has 1 aliphatic carbocycles. The van der Waals surface area contributed by atoms with E-state index >= 15 is 0 Å². The highest BCUT2D eigenvalue weighted by atomic mass is 17.1. The summed E-state index contributed by atoms with van der Waals surface area (Å²) in [5.74, 6) is 1.43. The van der Waals surface area contributed by atoms with Crippen LogP contribution in [-0.2, 0) is 9.62 Å². The summed E-state index contributed by atoms with van der Waals surface area (Å²) in [7, 11) is 6.53. The van der Waals surface area contributed by atoms with Crippen molar-refractivity contribution >= 4 is 6.08 Å². The van der Waals surface area contributed by atoms with Crippen molar-refractivity contribution in [3.8, 4) is 11.5 Å². The van der Waals surface area contributed by atoms with E-state index in [4.69, 9.17) is 14.7 Å². The molecule has 0 saturated heterocycles. The molecule has 0 heterocycles. The molecule has 0 aliphatic heterocycles. The Kier molecular flexibility index (Phi) is 11.1. The quantitative estimate of drug-likeness (QED) is 0.458. The Bertz CT molecular complexity index is 780. The molecule has 5 nitrogen and oxygen atoms in total. The first-order chi connectivity index (χ1) is 13.9. The third-order valence-corrected chi connectivity index (χ3v) is 4.52. The first-order valence-electron chi connectivity index (χ1n) is 9.55. The molecule has 2 rings (SSSR count). The van der Waals surface area contributed by atoms with Crippen LogP contribution in [0.3, 0.4) is 0 Å². The van der Waals surface area contributed by atoms with Gasteiger partial charge in [0, 0.05) is 14.2 Å². The van der Waals surface area contributed by atoms with Crippen LogP contribution in [0.15, 0.2) is 58.2 Å². The average Bonchev–Trinajstić information content (AvgIpc) is 3.00. The minimum atomic E-state index is 0.312. The summed E-state index contributed by atoms with van der Waals surface area (Å²) in [6.45, 7) is 6.62.